The molecule has 0 bridgehead atoms. The molecule has 4 nitrogen and oxygen atoms in total. The number of alkyl halides is 6. The Kier molecular flexibility index (Phi) is 6.79. The fourth-order valence-electron chi connectivity index (χ4n) is 2.74. The third kappa shape index (κ3) is 5.98. The van der Waals surface area contributed by atoms with Crippen molar-refractivity contribution in [2.75, 3.05) is 7.11 Å². The maximum Gasteiger partial charge on any atom is 0.416 e. The second-order valence-corrected chi connectivity index (χ2v) is 6.54. The molecule has 2 aromatic carbocycles. The summed E-state index contributed by atoms with van der Waals surface area (Å²) < 4.78 is 82.6. The van der Waals surface area contributed by atoms with Crippen LogP contribution in [0.1, 0.15) is 32.6 Å². The Labute approximate surface area is 167 Å². The summed E-state index contributed by atoms with van der Waals surface area (Å²) in [7, 11) is 1.05. The molecule has 2 rings (SSSR count). The first-order chi connectivity index (χ1) is 13.8. The van der Waals surface area contributed by atoms with Gasteiger partial charge >= 0.3 is 18.3 Å². The van der Waals surface area contributed by atoms with E-state index in [9.17, 15) is 35.9 Å². The Hall–Kier alpha value is -3.04. The largest absolute Gasteiger partial charge is 0.467 e. The second kappa shape index (κ2) is 8.76. The predicted molar refractivity (Wildman–Crippen MR) is 94.6 cm³/mol. The van der Waals surface area contributed by atoms with E-state index in [4.69, 9.17) is 0 Å². The first kappa shape index (κ1) is 23.2. The maximum absolute atomic E-state index is 13.0. The average Bonchev–Trinajstić information content (AvgIpc) is 2.65. The van der Waals surface area contributed by atoms with Gasteiger partial charge in [-0.05, 0) is 30.7 Å². The quantitative estimate of drug-likeness (QED) is 0.556. The van der Waals surface area contributed by atoms with E-state index in [0.29, 0.717) is 17.7 Å². The molecule has 0 aliphatic carbocycles. The Bertz CT molecular complexity index is 905. The molecule has 1 atom stereocenters. The van der Waals surface area contributed by atoms with Gasteiger partial charge in [0.15, 0.2) is 0 Å². The number of carbonyl (C=O) groups excluding carboxylic acids is 2. The van der Waals surface area contributed by atoms with Gasteiger partial charge in [0, 0.05) is 12.0 Å². The molecule has 1 N–H and O–H groups in total. The highest BCUT2D eigenvalue weighted by Crippen LogP contribution is 2.36. The molecule has 0 heterocycles. The minimum Gasteiger partial charge on any atom is -0.467 e. The van der Waals surface area contributed by atoms with E-state index in [1.54, 1.807) is 31.2 Å². The molecule has 0 aromatic heterocycles. The Balaban J connectivity index is 2.37. The summed E-state index contributed by atoms with van der Waals surface area (Å²) in [5.41, 5.74) is -2.66. The molecule has 0 fully saturated rings. The molecule has 0 aliphatic heterocycles. The minimum absolute atomic E-state index is 0.0643. The summed E-state index contributed by atoms with van der Waals surface area (Å²) in [4.78, 5) is 24.5. The van der Waals surface area contributed by atoms with E-state index in [1.807, 2.05) is 0 Å². The van der Waals surface area contributed by atoms with Gasteiger partial charge in [0.2, 0.25) is 0 Å². The number of nitrogens with one attached hydrogen (secondary N) is 1. The van der Waals surface area contributed by atoms with Crippen molar-refractivity contribution < 1.29 is 40.7 Å². The lowest BCUT2D eigenvalue weighted by atomic mass is 10.0. The first-order valence-electron chi connectivity index (χ1n) is 8.55. The van der Waals surface area contributed by atoms with Crippen molar-refractivity contribution in [3.05, 3.63) is 70.3 Å². The highest BCUT2D eigenvalue weighted by molar-refractivity contribution is 5.97. The van der Waals surface area contributed by atoms with Crippen molar-refractivity contribution >= 4 is 11.9 Å². The Morgan fingerprint density at radius 3 is 2.00 bits per heavy atom. The topological polar surface area (TPSA) is 55.4 Å². The number of hydrogen-bond acceptors (Lipinski definition) is 3. The van der Waals surface area contributed by atoms with Gasteiger partial charge in [0.1, 0.15) is 6.04 Å². The number of carbonyl (C=O) groups is 2. The van der Waals surface area contributed by atoms with Gasteiger partial charge in [-0.2, -0.15) is 26.3 Å². The van der Waals surface area contributed by atoms with Crippen molar-refractivity contribution in [2.24, 2.45) is 0 Å². The van der Waals surface area contributed by atoms with Crippen molar-refractivity contribution in [1.29, 1.82) is 0 Å². The molecule has 1 amide bonds. The van der Waals surface area contributed by atoms with Crippen LogP contribution in [-0.2, 0) is 28.3 Å². The number of methoxy groups -OCH3 is 1. The fraction of sp³-hybridized carbons (Fsp3) is 0.300. The summed E-state index contributed by atoms with van der Waals surface area (Å²) in [5, 5.41) is 2.16. The summed E-state index contributed by atoms with van der Waals surface area (Å²) in [6.07, 6.45) is -10.3. The first-order valence-corrected chi connectivity index (χ1v) is 8.55. The van der Waals surface area contributed by atoms with Gasteiger partial charge in [0.05, 0.1) is 18.2 Å². The fourth-order valence-corrected chi connectivity index (χ4v) is 2.74. The summed E-state index contributed by atoms with van der Waals surface area (Å²) in [6, 6.07) is 6.06. The van der Waals surface area contributed by atoms with E-state index in [0.717, 1.165) is 12.7 Å². The van der Waals surface area contributed by atoms with Crippen LogP contribution in [0.25, 0.3) is 0 Å². The third-order valence-electron chi connectivity index (χ3n) is 4.16. The molecule has 162 valence electrons. The van der Waals surface area contributed by atoms with Gasteiger partial charge in [-0.3, -0.25) is 4.79 Å². The van der Waals surface area contributed by atoms with Gasteiger partial charge < -0.3 is 10.1 Å². The van der Waals surface area contributed by atoms with Gasteiger partial charge in [-0.1, -0.05) is 29.8 Å². The van der Waals surface area contributed by atoms with Gasteiger partial charge in [0.25, 0.3) is 5.91 Å². The normalized spacial score (nSPS) is 12.9. The minimum atomic E-state index is -5.10. The maximum atomic E-state index is 13.0. The van der Waals surface area contributed by atoms with Crippen molar-refractivity contribution in [3.8, 4) is 0 Å². The number of hydrogen-bond donors (Lipinski definition) is 1. The number of benzene rings is 2. The zero-order chi connectivity index (χ0) is 22.7. The molecule has 0 spiro atoms. The van der Waals surface area contributed by atoms with Crippen LogP contribution in [-0.4, -0.2) is 25.0 Å². The lowest BCUT2D eigenvalue weighted by Gasteiger charge is -2.18. The van der Waals surface area contributed by atoms with Crippen LogP contribution in [0.4, 0.5) is 26.3 Å². The molecule has 2 aromatic rings. The summed E-state index contributed by atoms with van der Waals surface area (Å²) in [5.74, 6) is -2.16. The SMILES string of the molecule is COC(=O)[C@@H](Cc1cccc(C)c1)NC(=O)c1cc(C(F)(F)F)cc(C(F)(F)F)c1. The zero-order valence-corrected chi connectivity index (χ0v) is 15.8. The molecule has 10 heteroatoms. The van der Waals surface area contributed by atoms with Gasteiger partial charge in [-0.15, -0.1) is 0 Å². The number of esters is 1. The van der Waals surface area contributed by atoms with Crippen LogP contribution in [0, 0.1) is 6.92 Å². The Morgan fingerprint density at radius 2 is 1.53 bits per heavy atom. The molecule has 0 aliphatic rings. The zero-order valence-electron chi connectivity index (χ0n) is 15.8. The van der Waals surface area contributed by atoms with Crippen molar-refractivity contribution in [1.82, 2.24) is 5.32 Å². The number of rotatable bonds is 5. The van der Waals surface area contributed by atoms with E-state index < -0.39 is 47.0 Å². The van der Waals surface area contributed by atoms with E-state index >= 15 is 0 Å². The predicted octanol–water partition coefficient (Wildman–Crippen LogP) is 4.55. The third-order valence-corrected chi connectivity index (χ3v) is 4.16. The molecular formula is C20H17F6NO3. The van der Waals surface area contributed by atoms with Crippen molar-refractivity contribution in [3.63, 3.8) is 0 Å². The van der Waals surface area contributed by atoms with E-state index in [1.165, 1.54) is 0 Å². The smallest absolute Gasteiger partial charge is 0.416 e. The van der Waals surface area contributed by atoms with Crippen molar-refractivity contribution in [2.45, 2.75) is 31.7 Å². The average molecular weight is 433 g/mol. The summed E-state index contributed by atoms with van der Waals surface area (Å²) >= 11 is 0. The number of ether oxygens (including phenoxy) is 1. The van der Waals surface area contributed by atoms with Crippen LogP contribution in [0.15, 0.2) is 42.5 Å². The van der Waals surface area contributed by atoms with E-state index in [-0.39, 0.29) is 12.5 Å². The number of amides is 1. The molecule has 30 heavy (non-hydrogen) atoms. The molecular weight excluding hydrogens is 416 g/mol. The Morgan fingerprint density at radius 1 is 0.967 bits per heavy atom. The second-order valence-electron chi connectivity index (χ2n) is 6.54. The van der Waals surface area contributed by atoms with Crippen LogP contribution in [0.2, 0.25) is 0 Å². The van der Waals surface area contributed by atoms with E-state index in [2.05, 4.69) is 10.1 Å². The molecule has 0 saturated heterocycles. The number of halogens is 6. The van der Waals surface area contributed by atoms with Crippen LogP contribution < -0.4 is 5.32 Å². The van der Waals surface area contributed by atoms with Gasteiger partial charge in [-0.25, -0.2) is 4.79 Å². The van der Waals surface area contributed by atoms with Crippen LogP contribution in [0.5, 0.6) is 0 Å². The molecule has 0 radical (unpaired) electrons. The molecule has 0 unspecified atom stereocenters. The van der Waals surface area contributed by atoms with Crippen LogP contribution in [0.3, 0.4) is 0 Å². The highest BCUT2D eigenvalue weighted by Gasteiger charge is 2.37. The lowest BCUT2D eigenvalue weighted by Crippen LogP contribution is -2.43. The summed E-state index contributed by atoms with van der Waals surface area (Å²) in [6.45, 7) is 1.79. The lowest BCUT2D eigenvalue weighted by molar-refractivity contribution is -0.144. The monoisotopic (exact) mass is 433 g/mol. The highest BCUT2D eigenvalue weighted by atomic mass is 19.4. The number of aryl methyl sites for hydroxylation is 1. The standard InChI is InChI=1S/C20H17F6NO3/c1-11-4-3-5-12(6-11)7-16(18(29)30-2)27-17(28)13-8-14(19(21,22)23)10-15(9-13)20(24,25)26/h3-6,8-10,16H,7H2,1-2H3,(H,27,28)/t16-/m1/s1. The molecule has 0 saturated carbocycles. The van der Waals surface area contributed by atoms with Crippen LogP contribution >= 0.6 is 0 Å².